The van der Waals surface area contributed by atoms with Crippen LogP contribution in [0.1, 0.15) is 67.4 Å². The van der Waals surface area contributed by atoms with Crippen molar-refractivity contribution in [1.82, 2.24) is 4.98 Å². The minimum atomic E-state index is -0.00922. The molecule has 1 aromatic carbocycles. The molecule has 0 aliphatic heterocycles. The Balaban J connectivity index is 1.39. The van der Waals surface area contributed by atoms with Gasteiger partial charge in [0.15, 0.2) is 5.13 Å². The minimum Gasteiger partial charge on any atom is -0.506 e. The highest BCUT2D eigenvalue weighted by Gasteiger charge is 2.57. The Morgan fingerprint density at radius 3 is 2.97 bits per heavy atom. The predicted octanol–water partition coefficient (Wildman–Crippen LogP) is 5.24. The number of oxime groups is 1. The van der Waals surface area contributed by atoms with Crippen LogP contribution in [0.2, 0.25) is 0 Å². The van der Waals surface area contributed by atoms with Gasteiger partial charge in [0.25, 0.3) is 0 Å². The van der Waals surface area contributed by atoms with E-state index in [4.69, 9.17) is 10.6 Å². The van der Waals surface area contributed by atoms with E-state index in [1.54, 1.807) is 13.3 Å². The number of aromatic nitrogens is 1. The molecule has 3 unspecified atom stereocenters. The molecule has 1 amide bonds. The van der Waals surface area contributed by atoms with Crippen molar-refractivity contribution in [2.24, 2.45) is 28.3 Å². The van der Waals surface area contributed by atoms with Crippen LogP contribution < -0.4 is 11.1 Å². The van der Waals surface area contributed by atoms with E-state index in [2.05, 4.69) is 22.4 Å². The van der Waals surface area contributed by atoms with Crippen molar-refractivity contribution in [3.63, 3.8) is 0 Å². The molecule has 2 aromatic rings. The number of hydrogen-bond donors (Lipinski definition) is 3. The Kier molecular flexibility index (Phi) is 6.04. The van der Waals surface area contributed by atoms with Crippen molar-refractivity contribution in [3.8, 4) is 5.75 Å². The van der Waals surface area contributed by atoms with Crippen LogP contribution >= 0.6 is 11.3 Å². The molecule has 0 saturated heterocycles. The lowest BCUT2D eigenvalue weighted by atomic mass is 9.54. The number of rotatable bonds is 5. The second-order valence-corrected chi connectivity index (χ2v) is 11.7. The van der Waals surface area contributed by atoms with Crippen LogP contribution in [0.3, 0.4) is 0 Å². The van der Waals surface area contributed by atoms with E-state index in [1.807, 2.05) is 19.1 Å². The third kappa shape index (κ3) is 3.96. The number of phenolic OH excluding ortho intramolecular Hbond substituents is 1. The van der Waals surface area contributed by atoms with Crippen LogP contribution in [0.5, 0.6) is 5.75 Å². The largest absolute Gasteiger partial charge is 0.506 e. The molecule has 34 heavy (non-hydrogen) atoms. The lowest BCUT2D eigenvalue weighted by Crippen LogP contribution is -2.44. The van der Waals surface area contributed by atoms with Gasteiger partial charge < -0.3 is 21.0 Å². The maximum Gasteiger partial charge on any atom is 0.226 e. The first kappa shape index (κ1) is 23.1. The molecule has 1 heterocycles. The van der Waals surface area contributed by atoms with Gasteiger partial charge in [0.1, 0.15) is 12.9 Å². The molecule has 0 spiro atoms. The Morgan fingerprint density at radius 2 is 2.24 bits per heavy atom. The van der Waals surface area contributed by atoms with Gasteiger partial charge in [0.05, 0.1) is 11.4 Å². The molecule has 2 saturated carbocycles. The fourth-order valence-electron chi connectivity index (χ4n) is 7.13. The molecule has 3 aliphatic carbocycles. The molecule has 0 radical (unpaired) electrons. The molecular formula is C26H34N4O3S. The molecule has 7 nitrogen and oxygen atoms in total. The number of amides is 1. The second-order valence-electron chi connectivity index (χ2n) is 10.4. The summed E-state index contributed by atoms with van der Waals surface area (Å²) in [6.45, 7) is 4.34. The number of aryl methyl sites for hydroxylation is 2. The molecule has 5 rings (SSSR count). The minimum absolute atomic E-state index is 0.00922. The summed E-state index contributed by atoms with van der Waals surface area (Å²) in [5.74, 6) is 1.98. The highest BCUT2D eigenvalue weighted by molar-refractivity contribution is 7.15. The number of benzene rings is 1. The van der Waals surface area contributed by atoms with E-state index in [0.29, 0.717) is 40.9 Å². The predicted molar refractivity (Wildman–Crippen MR) is 135 cm³/mol. The third-order valence-corrected chi connectivity index (χ3v) is 9.39. The Labute approximate surface area is 204 Å². The summed E-state index contributed by atoms with van der Waals surface area (Å²) < 4.78 is 0. The number of nitrogens with two attached hydrogens (primary N) is 1. The van der Waals surface area contributed by atoms with Crippen LogP contribution in [0.4, 0.5) is 10.8 Å². The average Bonchev–Trinajstić information content (AvgIpc) is 3.33. The Morgan fingerprint density at radius 1 is 1.41 bits per heavy atom. The van der Waals surface area contributed by atoms with Gasteiger partial charge in [-0.3, -0.25) is 4.79 Å². The fourth-order valence-corrected chi connectivity index (χ4v) is 7.82. The molecular weight excluding hydrogens is 448 g/mol. The smallest absolute Gasteiger partial charge is 0.226 e. The van der Waals surface area contributed by atoms with E-state index >= 15 is 0 Å². The van der Waals surface area contributed by atoms with Crippen molar-refractivity contribution in [2.75, 3.05) is 18.2 Å². The number of thiazole rings is 1. The van der Waals surface area contributed by atoms with Crippen LogP contribution in [0, 0.1) is 30.1 Å². The summed E-state index contributed by atoms with van der Waals surface area (Å²) >= 11 is 1.50. The molecule has 0 bridgehead atoms. The van der Waals surface area contributed by atoms with Crippen molar-refractivity contribution in [3.05, 3.63) is 34.3 Å². The molecule has 1 aromatic heterocycles. The average molecular weight is 483 g/mol. The van der Waals surface area contributed by atoms with E-state index in [-0.39, 0.29) is 17.1 Å². The first-order valence-electron chi connectivity index (χ1n) is 12.2. The highest BCUT2D eigenvalue weighted by atomic mass is 32.1. The zero-order valence-electron chi connectivity index (χ0n) is 20.1. The summed E-state index contributed by atoms with van der Waals surface area (Å²) in [7, 11) is 1.62. The number of aromatic hydroxyl groups is 1. The first-order chi connectivity index (χ1) is 16.3. The van der Waals surface area contributed by atoms with Gasteiger partial charge in [-0.15, -0.1) is 11.3 Å². The van der Waals surface area contributed by atoms with Gasteiger partial charge >= 0.3 is 0 Å². The Bertz CT molecular complexity index is 1130. The van der Waals surface area contributed by atoms with Gasteiger partial charge in [-0.2, -0.15) is 0 Å². The van der Waals surface area contributed by atoms with Gasteiger partial charge in [-0.1, -0.05) is 12.1 Å². The molecule has 5 atom stereocenters. The molecule has 182 valence electrons. The SMILES string of the molecule is CON=C1C[C@@H](CCC(=O)Nc2ncc(C)s2)C2C3CCc4cc(O)c(N)cc4C3CC[C@]12C. The van der Waals surface area contributed by atoms with Crippen LogP contribution in [0.25, 0.3) is 0 Å². The van der Waals surface area contributed by atoms with Crippen LogP contribution in [-0.4, -0.2) is 28.8 Å². The number of nitrogens with one attached hydrogen (secondary N) is 1. The van der Waals surface area contributed by atoms with E-state index < -0.39 is 0 Å². The summed E-state index contributed by atoms with van der Waals surface area (Å²) in [4.78, 5) is 23.3. The highest BCUT2D eigenvalue weighted by Crippen LogP contribution is 2.62. The van der Waals surface area contributed by atoms with Crippen molar-refractivity contribution in [1.29, 1.82) is 0 Å². The number of phenols is 1. The van der Waals surface area contributed by atoms with Gasteiger partial charge in [0, 0.05) is 22.9 Å². The maximum absolute atomic E-state index is 12.7. The number of hydrogen-bond acceptors (Lipinski definition) is 7. The lowest BCUT2D eigenvalue weighted by Gasteiger charge is -2.50. The van der Waals surface area contributed by atoms with Crippen molar-refractivity contribution < 1.29 is 14.7 Å². The van der Waals surface area contributed by atoms with Gasteiger partial charge in [0.2, 0.25) is 5.91 Å². The summed E-state index contributed by atoms with van der Waals surface area (Å²) in [6, 6.07) is 3.87. The first-order valence-corrected chi connectivity index (χ1v) is 13.1. The number of nitrogen functional groups attached to an aromatic ring is 1. The normalized spacial score (nSPS) is 31.0. The number of anilines is 2. The standard InChI is InChI=1S/C26H34N4O3S/c1-14-13-28-25(34-14)29-23(32)7-5-16-11-22(30-33-3)26(2)9-8-17-18(24(16)26)6-4-15-10-21(31)20(27)12-19(15)17/h10,12-13,16-18,24,31H,4-9,11,27H2,1-3H3,(H,28,29,32)/t16-,17?,18?,24?,26-/m1/s1. The van der Waals surface area contributed by atoms with E-state index in [9.17, 15) is 9.90 Å². The molecule has 4 N–H and O–H groups in total. The maximum atomic E-state index is 12.7. The third-order valence-electron chi connectivity index (χ3n) is 8.56. The fraction of sp³-hybridized carbons (Fsp3) is 0.577. The Hall–Kier alpha value is -2.61. The van der Waals surface area contributed by atoms with Crippen LogP contribution in [0.15, 0.2) is 23.5 Å². The zero-order chi connectivity index (χ0) is 24.0. The lowest BCUT2D eigenvalue weighted by molar-refractivity contribution is -0.116. The number of carbonyl (C=O) groups is 1. The molecule has 3 aliphatic rings. The number of fused-ring (bicyclic) bond motifs is 5. The zero-order valence-corrected chi connectivity index (χ0v) is 21.0. The van der Waals surface area contributed by atoms with E-state index in [0.717, 1.165) is 49.1 Å². The summed E-state index contributed by atoms with van der Waals surface area (Å²) in [6.07, 6.45) is 8.12. The second kappa shape index (κ2) is 8.87. The number of nitrogens with zero attached hydrogens (tertiary/aromatic N) is 2. The number of carbonyl (C=O) groups excluding carboxylic acids is 1. The molecule has 2 fully saturated rings. The van der Waals surface area contributed by atoms with Crippen LogP contribution in [-0.2, 0) is 16.1 Å². The van der Waals surface area contributed by atoms with Gasteiger partial charge in [-0.25, -0.2) is 4.98 Å². The quantitative estimate of drug-likeness (QED) is 0.307. The van der Waals surface area contributed by atoms with Crippen molar-refractivity contribution in [2.45, 2.75) is 64.7 Å². The topological polar surface area (TPSA) is 110 Å². The van der Waals surface area contributed by atoms with Gasteiger partial charge in [-0.05, 0) is 92.4 Å². The summed E-state index contributed by atoms with van der Waals surface area (Å²) in [5.41, 5.74) is 10.2. The monoisotopic (exact) mass is 482 g/mol. The van der Waals surface area contributed by atoms with Crippen molar-refractivity contribution >= 4 is 33.8 Å². The molecule has 8 heteroatoms. The summed E-state index contributed by atoms with van der Waals surface area (Å²) in [5, 5.41) is 18.3. The van der Waals surface area contributed by atoms with E-state index in [1.165, 1.54) is 22.5 Å².